The highest BCUT2D eigenvalue weighted by molar-refractivity contribution is 6.35. The molecule has 2 heterocycles. The molecule has 1 aromatic heterocycles. The van der Waals surface area contributed by atoms with Gasteiger partial charge in [0.05, 0.1) is 22.3 Å². The molecule has 0 saturated carbocycles. The first kappa shape index (κ1) is 12.2. The summed E-state index contributed by atoms with van der Waals surface area (Å²) in [7, 11) is 0. The summed E-state index contributed by atoms with van der Waals surface area (Å²) in [6.07, 6.45) is 2.92. The lowest BCUT2D eigenvalue weighted by molar-refractivity contribution is -0.125. The maximum absolute atomic E-state index is 12.5. The summed E-state index contributed by atoms with van der Waals surface area (Å²) < 4.78 is 1.38. The van der Waals surface area contributed by atoms with E-state index in [-0.39, 0.29) is 11.5 Å². The summed E-state index contributed by atoms with van der Waals surface area (Å²) in [5.74, 6) is -0.137. The van der Waals surface area contributed by atoms with Crippen LogP contribution in [0.4, 0.5) is 0 Å². The van der Waals surface area contributed by atoms with E-state index in [2.05, 4.69) is 10.3 Å². The molecule has 0 radical (unpaired) electrons. The highest BCUT2D eigenvalue weighted by Gasteiger charge is 2.25. The maximum Gasteiger partial charge on any atom is 0.263 e. The number of carbonyl (C=O) groups excluding carboxylic acids is 1. The molecule has 98 valence electrons. The van der Waals surface area contributed by atoms with Crippen LogP contribution in [-0.2, 0) is 4.79 Å². The highest BCUT2D eigenvalue weighted by atomic mass is 35.5. The largest absolute Gasteiger partial charge is 0.354 e. The van der Waals surface area contributed by atoms with Crippen LogP contribution in [0.25, 0.3) is 10.9 Å². The molecule has 1 amide bonds. The van der Waals surface area contributed by atoms with Crippen LogP contribution in [0.2, 0.25) is 5.02 Å². The lowest BCUT2D eigenvalue weighted by atomic mass is 10.1. The van der Waals surface area contributed by atoms with Crippen LogP contribution in [-0.4, -0.2) is 22.0 Å². The van der Waals surface area contributed by atoms with E-state index in [1.54, 1.807) is 18.2 Å². The molecule has 3 rings (SSSR count). The van der Waals surface area contributed by atoms with Crippen molar-refractivity contribution < 1.29 is 4.79 Å². The van der Waals surface area contributed by atoms with Gasteiger partial charge in [-0.25, -0.2) is 4.98 Å². The number of fused-ring (bicyclic) bond motifs is 1. The third kappa shape index (κ3) is 2.00. The molecule has 2 aromatic rings. The highest BCUT2D eigenvalue weighted by Crippen LogP contribution is 2.20. The summed E-state index contributed by atoms with van der Waals surface area (Å²) in [6, 6.07) is 4.63. The molecule has 0 bridgehead atoms. The number of amides is 1. The molecule has 0 aliphatic carbocycles. The van der Waals surface area contributed by atoms with Gasteiger partial charge in [0.15, 0.2) is 0 Å². The lowest BCUT2D eigenvalue weighted by Crippen LogP contribution is -2.41. The zero-order valence-electron chi connectivity index (χ0n) is 10.1. The molecule has 1 aliphatic rings. The Morgan fingerprint density at radius 3 is 3.00 bits per heavy atom. The fourth-order valence-electron chi connectivity index (χ4n) is 2.38. The number of hydrogen-bond donors (Lipinski definition) is 1. The fraction of sp³-hybridized carbons (Fsp3) is 0.308. The van der Waals surface area contributed by atoms with E-state index in [9.17, 15) is 9.59 Å². The van der Waals surface area contributed by atoms with Crippen molar-refractivity contribution in [3.8, 4) is 0 Å². The summed E-state index contributed by atoms with van der Waals surface area (Å²) >= 11 is 6.06. The van der Waals surface area contributed by atoms with Gasteiger partial charge in [-0.1, -0.05) is 17.7 Å². The molecule has 1 aromatic carbocycles. The van der Waals surface area contributed by atoms with Crippen LogP contribution in [0, 0.1) is 0 Å². The molecular formula is C13H12ClN3O2. The zero-order valence-corrected chi connectivity index (χ0v) is 10.9. The first-order valence-electron chi connectivity index (χ1n) is 6.11. The predicted molar refractivity (Wildman–Crippen MR) is 72.3 cm³/mol. The third-order valence-corrected chi connectivity index (χ3v) is 3.67. The van der Waals surface area contributed by atoms with Crippen LogP contribution < -0.4 is 10.9 Å². The Morgan fingerprint density at radius 2 is 2.21 bits per heavy atom. The van der Waals surface area contributed by atoms with Crippen LogP contribution in [0.15, 0.2) is 29.3 Å². The molecule has 5 nitrogen and oxygen atoms in total. The normalized spacial score (nSPS) is 19.4. The number of rotatable bonds is 1. The Bertz CT molecular complexity index is 711. The Balaban J connectivity index is 2.20. The van der Waals surface area contributed by atoms with Crippen molar-refractivity contribution in [2.75, 3.05) is 6.54 Å². The summed E-state index contributed by atoms with van der Waals surface area (Å²) in [5.41, 5.74) is 0.280. The first-order chi connectivity index (χ1) is 9.18. The first-order valence-corrected chi connectivity index (χ1v) is 6.49. The van der Waals surface area contributed by atoms with Crippen LogP contribution in [0.1, 0.15) is 18.9 Å². The number of nitrogens with zero attached hydrogens (tertiary/aromatic N) is 2. The van der Waals surface area contributed by atoms with Gasteiger partial charge in [-0.2, -0.15) is 0 Å². The molecule has 6 heteroatoms. The van der Waals surface area contributed by atoms with Crippen LogP contribution in [0.5, 0.6) is 0 Å². The van der Waals surface area contributed by atoms with Gasteiger partial charge in [-0.3, -0.25) is 14.2 Å². The topological polar surface area (TPSA) is 64.0 Å². The maximum atomic E-state index is 12.5. The number of nitrogens with one attached hydrogen (secondary N) is 1. The van der Waals surface area contributed by atoms with Crippen LogP contribution in [0.3, 0.4) is 0 Å². The standard InChI is InChI=1S/C13H12ClN3O2/c14-8-3-1-4-9-11(8)13(19)17(7-16-9)10-5-2-6-15-12(10)18/h1,3-4,7,10H,2,5-6H2,(H,15,18)/t10-/m1/s1. The van der Waals surface area contributed by atoms with Gasteiger partial charge in [0.25, 0.3) is 5.56 Å². The van der Waals surface area contributed by atoms with Gasteiger partial charge >= 0.3 is 0 Å². The smallest absolute Gasteiger partial charge is 0.263 e. The molecule has 1 N–H and O–H groups in total. The van der Waals surface area contributed by atoms with E-state index in [1.807, 2.05) is 0 Å². The minimum Gasteiger partial charge on any atom is -0.354 e. The Morgan fingerprint density at radius 1 is 1.37 bits per heavy atom. The quantitative estimate of drug-likeness (QED) is 0.859. The number of benzene rings is 1. The summed E-state index contributed by atoms with van der Waals surface area (Å²) in [5, 5.41) is 3.49. The summed E-state index contributed by atoms with van der Waals surface area (Å²) in [4.78, 5) is 28.5. The molecule has 19 heavy (non-hydrogen) atoms. The van der Waals surface area contributed by atoms with E-state index in [0.717, 1.165) is 6.42 Å². The average molecular weight is 278 g/mol. The van der Waals surface area contributed by atoms with Crippen LogP contribution >= 0.6 is 11.6 Å². The SMILES string of the molecule is O=C1NCCC[C@H]1n1cnc2cccc(Cl)c2c1=O. The van der Waals surface area contributed by atoms with Crippen molar-refractivity contribution in [3.05, 3.63) is 39.9 Å². The molecule has 0 unspecified atom stereocenters. The van der Waals surface area contributed by atoms with Gasteiger partial charge in [0.1, 0.15) is 6.04 Å². The second kappa shape index (κ2) is 4.66. The number of piperidine rings is 1. The second-order valence-electron chi connectivity index (χ2n) is 4.54. The minimum absolute atomic E-state index is 0.137. The van der Waals surface area contributed by atoms with E-state index in [1.165, 1.54) is 10.9 Å². The molecule has 1 fully saturated rings. The average Bonchev–Trinajstić information content (AvgIpc) is 2.40. The lowest BCUT2D eigenvalue weighted by Gasteiger charge is -2.23. The number of aromatic nitrogens is 2. The van der Waals surface area contributed by atoms with Crippen molar-refractivity contribution in [2.45, 2.75) is 18.9 Å². The van der Waals surface area contributed by atoms with Gasteiger partial charge < -0.3 is 5.32 Å². The number of halogens is 1. The fourth-order valence-corrected chi connectivity index (χ4v) is 2.63. The van der Waals surface area contributed by atoms with Gasteiger partial charge in [-0.05, 0) is 25.0 Å². The Kier molecular flexibility index (Phi) is 2.98. The molecule has 1 atom stereocenters. The number of carbonyl (C=O) groups is 1. The van der Waals surface area contributed by atoms with Crippen molar-refractivity contribution in [1.29, 1.82) is 0 Å². The molecule has 1 saturated heterocycles. The Labute approximate surface area is 114 Å². The van der Waals surface area contributed by atoms with Gasteiger partial charge in [0, 0.05) is 6.54 Å². The third-order valence-electron chi connectivity index (χ3n) is 3.35. The van der Waals surface area contributed by atoms with Crippen molar-refractivity contribution >= 4 is 28.4 Å². The molecule has 1 aliphatic heterocycles. The van der Waals surface area contributed by atoms with Crippen molar-refractivity contribution in [2.24, 2.45) is 0 Å². The number of hydrogen-bond acceptors (Lipinski definition) is 3. The molecular weight excluding hydrogens is 266 g/mol. The van der Waals surface area contributed by atoms with Crippen molar-refractivity contribution in [3.63, 3.8) is 0 Å². The second-order valence-corrected chi connectivity index (χ2v) is 4.95. The van der Waals surface area contributed by atoms with E-state index in [4.69, 9.17) is 11.6 Å². The van der Waals surface area contributed by atoms with E-state index in [0.29, 0.717) is 28.9 Å². The predicted octanol–water partition coefficient (Wildman–Crippen LogP) is 1.50. The Hall–Kier alpha value is -1.88. The summed E-state index contributed by atoms with van der Waals surface area (Å²) in [6.45, 7) is 0.659. The van der Waals surface area contributed by atoms with Gasteiger partial charge in [0.2, 0.25) is 5.91 Å². The van der Waals surface area contributed by atoms with E-state index < -0.39 is 6.04 Å². The zero-order chi connectivity index (χ0) is 13.4. The van der Waals surface area contributed by atoms with E-state index >= 15 is 0 Å². The monoisotopic (exact) mass is 277 g/mol. The minimum atomic E-state index is -0.491. The van der Waals surface area contributed by atoms with Gasteiger partial charge in [-0.15, -0.1) is 0 Å². The molecule has 0 spiro atoms. The van der Waals surface area contributed by atoms with Crippen molar-refractivity contribution in [1.82, 2.24) is 14.9 Å².